The topological polar surface area (TPSA) is 57.3 Å². The first-order valence-electron chi connectivity index (χ1n) is 8.63. The van der Waals surface area contributed by atoms with Crippen molar-refractivity contribution in [3.63, 3.8) is 0 Å². The quantitative estimate of drug-likeness (QED) is 0.691. The van der Waals surface area contributed by atoms with Gasteiger partial charge in [-0.1, -0.05) is 6.07 Å². The Bertz CT molecular complexity index is 935. The molecule has 0 spiro atoms. The van der Waals surface area contributed by atoms with Crippen LogP contribution in [-0.4, -0.2) is 36.7 Å². The summed E-state index contributed by atoms with van der Waals surface area (Å²) in [6, 6.07) is 14.8. The average Bonchev–Trinajstić information content (AvgIpc) is 2.62. The molecule has 0 amide bonds. The maximum absolute atomic E-state index is 12.3. The van der Waals surface area contributed by atoms with Gasteiger partial charge in [0.2, 0.25) is 0 Å². The highest BCUT2D eigenvalue weighted by atomic mass is 16.5. The van der Waals surface area contributed by atoms with Crippen LogP contribution in [0.3, 0.4) is 0 Å². The van der Waals surface area contributed by atoms with Crippen molar-refractivity contribution < 1.29 is 14.4 Å². The molecule has 1 N–H and O–H groups in total. The van der Waals surface area contributed by atoms with Crippen molar-refractivity contribution in [3.05, 3.63) is 70.3 Å². The van der Waals surface area contributed by atoms with Crippen molar-refractivity contribution in [1.82, 2.24) is 9.38 Å². The molecule has 0 aliphatic rings. The van der Waals surface area contributed by atoms with Crippen LogP contribution in [0, 0.1) is 6.92 Å². The Labute approximate surface area is 152 Å². The molecule has 6 nitrogen and oxygen atoms in total. The molecule has 0 bridgehead atoms. The van der Waals surface area contributed by atoms with E-state index in [1.807, 2.05) is 49.4 Å². The Balaban J connectivity index is 1.58. The van der Waals surface area contributed by atoms with Gasteiger partial charge in [0.15, 0.2) is 0 Å². The van der Waals surface area contributed by atoms with Crippen LogP contribution in [0.5, 0.6) is 11.5 Å². The van der Waals surface area contributed by atoms with Gasteiger partial charge in [-0.2, -0.15) is 0 Å². The SMILES string of the molecule is COc1ccc(OCC[NH+](C)Cc2cc(=O)n3c(C)cccc3n2)cc1. The van der Waals surface area contributed by atoms with E-state index in [2.05, 4.69) is 12.0 Å². The van der Waals surface area contributed by atoms with Gasteiger partial charge >= 0.3 is 0 Å². The Kier molecular flexibility index (Phi) is 5.53. The van der Waals surface area contributed by atoms with E-state index in [0.29, 0.717) is 18.8 Å². The molecule has 0 aliphatic heterocycles. The summed E-state index contributed by atoms with van der Waals surface area (Å²) in [5.41, 5.74) is 2.34. The molecular formula is C20H24N3O3+. The van der Waals surface area contributed by atoms with Gasteiger partial charge in [0, 0.05) is 11.8 Å². The molecule has 2 aromatic heterocycles. The van der Waals surface area contributed by atoms with Crippen LogP contribution in [0.15, 0.2) is 53.3 Å². The zero-order chi connectivity index (χ0) is 18.5. The summed E-state index contributed by atoms with van der Waals surface area (Å²) >= 11 is 0. The average molecular weight is 354 g/mol. The standard InChI is InChI=1S/C20H23N3O3/c1-15-5-4-6-19-21-16(13-20(24)23(15)19)14-22(2)11-12-26-18-9-7-17(25-3)8-10-18/h4-10,13H,11-12,14H2,1-3H3/p+1. The van der Waals surface area contributed by atoms with Gasteiger partial charge in [-0.15, -0.1) is 0 Å². The van der Waals surface area contributed by atoms with Crippen molar-refractivity contribution in [3.8, 4) is 11.5 Å². The Morgan fingerprint density at radius 1 is 1.12 bits per heavy atom. The first-order valence-corrected chi connectivity index (χ1v) is 8.63. The summed E-state index contributed by atoms with van der Waals surface area (Å²) < 4.78 is 12.5. The largest absolute Gasteiger partial charge is 0.497 e. The van der Waals surface area contributed by atoms with Crippen molar-refractivity contribution in [1.29, 1.82) is 0 Å². The molecule has 1 aromatic carbocycles. The van der Waals surface area contributed by atoms with Crippen LogP contribution in [0.1, 0.15) is 11.4 Å². The molecule has 6 heteroatoms. The summed E-state index contributed by atoms with van der Waals surface area (Å²) in [6.07, 6.45) is 0. The summed E-state index contributed by atoms with van der Waals surface area (Å²) in [4.78, 5) is 18.2. The lowest BCUT2D eigenvalue weighted by atomic mass is 10.3. The van der Waals surface area contributed by atoms with Crippen LogP contribution in [0.4, 0.5) is 0 Å². The number of hydrogen-bond acceptors (Lipinski definition) is 4. The Morgan fingerprint density at radius 3 is 2.58 bits per heavy atom. The van der Waals surface area contributed by atoms with Gasteiger partial charge in [0.05, 0.1) is 14.2 Å². The monoisotopic (exact) mass is 354 g/mol. The minimum atomic E-state index is -0.0367. The van der Waals surface area contributed by atoms with Crippen molar-refractivity contribution in [2.75, 3.05) is 27.3 Å². The molecule has 26 heavy (non-hydrogen) atoms. The number of hydrogen-bond donors (Lipinski definition) is 1. The summed E-state index contributed by atoms with van der Waals surface area (Å²) in [6.45, 7) is 3.97. The third kappa shape index (κ3) is 4.21. The van der Waals surface area contributed by atoms with E-state index < -0.39 is 0 Å². The maximum Gasteiger partial charge on any atom is 0.258 e. The fraction of sp³-hybridized carbons (Fsp3) is 0.300. The summed E-state index contributed by atoms with van der Waals surface area (Å²) in [5.74, 6) is 1.63. The molecule has 0 aliphatic carbocycles. The van der Waals surface area contributed by atoms with Crippen molar-refractivity contribution in [2.45, 2.75) is 13.5 Å². The normalized spacial score (nSPS) is 12.1. The zero-order valence-corrected chi connectivity index (χ0v) is 15.4. The number of nitrogens with zero attached hydrogens (tertiary/aromatic N) is 2. The predicted molar refractivity (Wildman–Crippen MR) is 100 cm³/mol. The second-order valence-corrected chi connectivity index (χ2v) is 6.35. The molecule has 136 valence electrons. The van der Waals surface area contributed by atoms with Crippen molar-refractivity contribution >= 4 is 5.65 Å². The lowest BCUT2D eigenvalue weighted by Gasteiger charge is -2.15. The first kappa shape index (κ1) is 17.9. The van der Waals surface area contributed by atoms with Gasteiger partial charge in [-0.25, -0.2) is 4.98 Å². The van der Waals surface area contributed by atoms with Crippen LogP contribution in [0.25, 0.3) is 5.65 Å². The summed E-state index contributed by atoms with van der Waals surface area (Å²) in [7, 11) is 3.71. The molecular weight excluding hydrogens is 330 g/mol. The molecule has 2 heterocycles. The fourth-order valence-corrected chi connectivity index (χ4v) is 2.87. The molecule has 3 rings (SSSR count). The molecule has 0 radical (unpaired) electrons. The fourth-order valence-electron chi connectivity index (χ4n) is 2.87. The van der Waals surface area contributed by atoms with E-state index in [9.17, 15) is 4.79 Å². The highest BCUT2D eigenvalue weighted by Crippen LogP contribution is 2.16. The van der Waals surface area contributed by atoms with Gasteiger partial charge < -0.3 is 14.4 Å². The second kappa shape index (κ2) is 8.01. The second-order valence-electron chi connectivity index (χ2n) is 6.35. The Morgan fingerprint density at radius 2 is 1.85 bits per heavy atom. The molecule has 3 aromatic rings. The van der Waals surface area contributed by atoms with E-state index in [0.717, 1.165) is 29.4 Å². The third-order valence-corrected chi connectivity index (χ3v) is 4.27. The molecule has 0 fully saturated rings. The molecule has 1 atom stereocenters. The number of likely N-dealkylation sites (N-methyl/N-ethyl adjacent to an activating group) is 1. The number of rotatable bonds is 7. The van der Waals surface area contributed by atoms with E-state index in [1.54, 1.807) is 17.6 Å². The van der Waals surface area contributed by atoms with E-state index in [-0.39, 0.29) is 5.56 Å². The molecule has 0 saturated heterocycles. The van der Waals surface area contributed by atoms with Crippen LogP contribution in [0.2, 0.25) is 0 Å². The smallest absolute Gasteiger partial charge is 0.258 e. The number of methoxy groups -OCH3 is 1. The number of fused-ring (bicyclic) bond motifs is 1. The van der Waals surface area contributed by atoms with Gasteiger partial charge in [-0.05, 0) is 43.3 Å². The van der Waals surface area contributed by atoms with E-state index in [4.69, 9.17) is 9.47 Å². The predicted octanol–water partition coefficient (Wildman–Crippen LogP) is 1.11. The highest BCUT2D eigenvalue weighted by molar-refractivity contribution is 5.40. The zero-order valence-electron chi connectivity index (χ0n) is 15.4. The van der Waals surface area contributed by atoms with Crippen molar-refractivity contribution in [2.24, 2.45) is 0 Å². The third-order valence-electron chi connectivity index (χ3n) is 4.27. The van der Waals surface area contributed by atoms with Crippen LogP contribution >= 0.6 is 0 Å². The number of aryl methyl sites for hydroxylation is 1. The minimum absolute atomic E-state index is 0.0367. The van der Waals surface area contributed by atoms with Gasteiger partial charge in [0.1, 0.15) is 42.5 Å². The van der Waals surface area contributed by atoms with E-state index in [1.165, 1.54) is 4.90 Å². The molecule has 0 saturated carbocycles. The lowest BCUT2D eigenvalue weighted by Crippen LogP contribution is -3.08. The maximum atomic E-state index is 12.3. The van der Waals surface area contributed by atoms with Gasteiger partial charge in [-0.3, -0.25) is 9.20 Å². The number of quaternary nitrogens is 1. The van der Waals surface area contributed by atoms with Gasteiger partial charge in [0.25, 0.3) is 5.56 Å². The van der Waals surface area contributed by atoms with Crippen LogP contribution in [-0.2, 0) is 6.54 Å². The first-order chi connectivity index (χ1) is 12.6. The van der Waals surface area contributed by atoms with E-state index >= 15 is 0 Å². The number of nitrogens with one attached hydrogen (secondary N) is 1. The van der Waals surface area contributed by atoms with Crippen LogP contribution < -0.4 is 19.9 Å². The number of aromatic nitrogens is 2. The Hall–Kier alpha value is -2.86. The highest BCUT2D eigenvalue weighted by Gasteiger charge is 2.09. The minimum Gasteiger partial charge on any atom is -0.497 e. The summed E-state index contributed by atoms with van der Waals surface area (Å²) in [5, 5.41) is 0. The lowest BCUT2D eigenvalue weighted by molar-refractivity contribution is -0.894. The number of benzene rings is 1. The number of ether oxygens (including phenoxy) is 2. The number of pyridine rings is 1. The molecule has 1 unspecified atom stereocenters.